The summed E-state index contributed by atoms with van der Waals surface area (Å²) in [6.45, 7) is 8.57. The van der Waals surface area contributed by atoms with Crippen LogP contribution in [0.25, 0.3) is 0 Å². The molecule has 1 heterocycles. The lowest BCUT2D eigenvalue weighted by Crippen LogP contribution is -2.33. The van der Waals surface area contributed by atoms with Crippen molar-refractivity contribution >= 4 is 17.3 Å². The molecule has 0 aromatic heterocycles. The Hall–Kier alpha value is -2.29. The largest absolute Gasteiger partial charge is 0.372 e. The number of anilines is 2. The second-order valence-corrected chi connectivity index (χ2v) is 8.22. The molecule has 0 saturated carbocycles. The van der Waals surface area contributed by atoms with Crippen molar-refractivity contribution in [2.45, 2.75) is 40.0 Å². The number of amides is 1. The summed E-state index contributed by atoms with van der Waals surface area (Å²) >= 11 is 0. The third-order valence-corrected chi connectivity index (χ3v) is 5.38. The molecule has 2 aromatic rings. The van der Waals surface area contributed by atoms with Crippen LogP contribution in [0.2, 0.25) is 0 Å². The normalized spacial score (nSPS) is 15.7. The average molecular weight is 351 g/mol. The van der Waals surface area contributed by atoms with E-state index in [1.807, 2.05) is 44.2 Å². The summed E-state index contributed by atoms with van der Waals surface area (Å²) in [6.07, 6.45) is 3.24. The molecule has 1 fully saturated rings. The van der Waals surface area contributed by atoms with Crippen molar-refractivity contribution in [3.8, 4) is 0 Å². The van der Waals surface area contributed by atoms with Crippen molar-refractivity contribution in [1.29, 1.82) is 0 Å². The van der Waals surface area contributed by atoms with E-state index in [1.54, 1.807) is 0 Å². The summed E-state index contributed by atoms with van der Waals surface area (Å²) in [4.78, 5) is 15.2. The summed E-state index contributed by atoms with van der Waals surface area (Å²) in [7, 11) is 0. The van der Waals surface area contributed by atoms with E-state index in [1.165, 1.54) is 24.1 Å². The first kappa shape index (κ1) is 18.5. The summed E-state index contributed by atoms with van der Waals surface area (Å²) in [5, 5.41) is 3.08. The van der Waals surface area contributed by atoms with Crippen LogP contribution in [0, 0.1) is 11.3 Å². The van der Waals surface area contributed by atoms with Crippen molar-refractivity contribution in [2.24, 2.45) is 11.3 Å². The predicted molar refractivity (Wildman–Crippen MR) is 110 cm³/mol. The number of nitrogens with one attached hydrogen (secondary N) is 1. The molecule has 1 aliphatic heterocycles. The first-order chi connectivity index (χ1) is 12.4. The Kier molecular flexibility index (Phi) is 5.65. The fourth-order valence-electron chi connectivity index (χ4n) is 3.51. The second-order valence-electron chi connectivity index (χ2n) is 8.22. The lowest BCUT2D eigenvalue weighted by Gasteiger charge is -2.32. The minimum absolute atomic E-state index is 0.0564. The highest BCUT2D eigenvalue weighted by molar-refractivity contribution is 5.95. The van der Waals surface area contributed by atoms with Crippen LogP contribution in [0.15, 0.2) is 54.6 Å². The molecule has 1 N–H and O–H groups in total. The molecule has 3 nitrogen and oxygen atoms in total. The van der Waals surface area contributed by atoms with E-state index in [9.17, 15) is 4.79 Å². The number of nitrogens with zero attached hydrogens (tertiary/aromatic N) is 1. The van der Waals surface area contributed by atoms with Gasteiger partial charge < -0.3 is 10.2 Å². The zero-order valence-corrected chi connectivity index (χ0v) is 16.2. The summed E-state index contributed by atoms with van der Waals surface area (Å²) in [5.74, 6) is 0.887. The van der Waals surface area contributed by atoms with Crippen LogP contribution >= 0.6 is 0 Å². The van der Waals surface area contributed by atoms with Crippen LogP contribution in [-0.4, -0.2) is 19.0 Å². The van der Waals surface area contributed by atoms with Crippen molar-refractivity contribution in [1.82, 2.24) is 0 Å². The molecule has 0 bridgehead atoms. The van der Waals surface area contributed by atoms with Gasteiger partial charge in [-0.2, -0.15) is 0 Å². The molecule has 0 spiro atoms. The Labute approximate surface area is 157 Å². The second kappa shape index (κ2) is 7.94. The number of benzene rings is 2. The Morgan fingerprint density at radius 2 is 1.65 bits per heavy atom. The van der Waals surface area contributed by atoms with Crippen LogP contribution in [-0.2, 0) is 11.2 Å². The van der Waals surface area contributed by atoms with E-state index in [2.05, 4.69) is 41.4 Å². The third kappa shape index (κ3) is 4.66. The molecule has 3 heteroatoms. The van der Waals surface area contributed by atoms with Gasteiger partial charge in [-0.05, 0) is 55.0 Å². The van der Waals surface area contributed by atoms with E-state index in [0.717, 1.165) is 31.1 Å². The van der Waals surface area contributed by atoms with Crippen LogP contribution < -0.4 is 10.2 Å². The highest BCUT2D eigenvalue weighted by Crippen LogP contribution is 2.27. The van der Waals surface area contributed by atoms with Crippen LogP contribution in [0.1, 0.15) is 39.2 Å². The lowest BCUT2D eigenvalue weighted by atomic mass is 9.84. The quantitative estimate of drug-likeness (QED) is 0.811. The number of carbonyl (C=O) groups excluding carboxylic acids is 1. The van der Waals surface area contributed by atoms with Crippen molar-refractivity contribution in [3.63, 3.8) is 0 Å². The smallest absolute Gasteiger partial charge is 0.230 e. The summed E-state index contributed by atoms with van der Waals surface area (Å²) < 4.78 is 0. The molecule has 0 atom stereocenters. The van der Waals surface area contributed by atoms with Gasteiger partial charge in [0.25, 0.3) is 0 Å². The first-order valence-corrected chi connectivity index (χ1v) is 9.64. The zero-order chi connectivity index (χ0) is 18.6. The van der Waals surface area contributed by atoms with Gasteiger partial charge in [-0.3, -0.25) is 4.79 Å². The Morgan fingerprint density at radius 3 is 2.27 bits per heavy atom. The molecule has 1 aliphatic rings. The van der Waals surface area contributed by atoms with Gasteiger partial charge in [-0.25, -0.2) is 0 Å². The maximum absolute atomic E-state index is 12.7. The van der Waals surface area contributed by atoms with Gasteiger partial charge in [-0.15, -0.1) is 0 Å². The highest BCUT2D eigenvalue weighted by Gasteiger charge is 2.28. The number of rotatable bonds is 5. The van der Waals surface area contributed by atoms with Crippen LogP contribution in [0.5, 0.6) is 0 Å². The van der Waals surface area contributed by atoms with E-state index >= 15 is 0 Å². The van der Waals surface area contributed by atoms with Gasteiger partial charge in [0.2, 0.25) is 5.91 Å². The maximum Gasteiger partial charge on any atom is 0.230 e. The molecule has 1 saturated heterocycles. The van der Waals surface area contributed by atoms with E-state index < -0.39 is 5.41 Å². The topological polar surface area (TPSA) is 32.3 Å². The molecular weight excluding hydrogens is 320 g/mol. The number of carbonyl (C=O) groups is 1. The number of hydrogen-bond acceptors (Lipinski definition) is 2. The minimum Gasteiger partial charge on any atom is -0.372 e. The minimum atomic E-state index is -0.455. The number of piperidine rings is 1. The molecule has 3 rings (SSSR count). The van der Waals surface area contributed by atoms with Crippen molar-refractivity contribution in [2.75, 3.05) is 23.3 Å². The SMILES string of the molecule is CC1CCN(c2ccc(NC(=O)C(C)(C)Cc3ccccc3)cc2)CC1. The van der Waals surface area contributed by atoms with Crippen molar-refractivity contribution < 1.29 is 4.79 Å². The maximum atomic E-state index is 12.7. The molecular formula is C23H30N2O. The summed E-state index contributed by atoms with van der Waals surface area (Å²) in [6, 6.07) is 18.5. The molecule has 138 valence electrons. The molecule has 1 amide bonds. The Bertz CT molecular complexity index is 714. The van der Waals surface area contributed by atoms with Gasteiger partial charge in [0.05, 0.1) is 0 Å². The molecule has 0 radical (unpaired) electrons. The van der Waals surface area contributed by atoms with Gasteiger partial charge in [0, 0.05) is 29.9 Å². The van der Waals surface area contributed by atoms with Crippen LogP contribution in [0.4, 0.5) is 11.4 Å². The molecule has 26 heavy (non-hydrogen) atoms. The van der Waals surface area contributed by atoms with E-state index in [-0.39, 0.29) is 5.91 Å². The van der Waals surface area contributed by atoms with Crippen molar-refractivity contribution in [3.05, 3.63) is 60.2 Å². The van der Waals surface area contributed by atoms with Gasteiger partial charge >= 0.3 is 0 Å². The summed E-state index contributed by atoms with van der Waals surface area (Å²) in [5.41, 5.74) is 2.84. The molecule has 0 aliphatic carbocycles. The van der Waals surface area contributed by atoms with E-state index in [4.69, 9.17) is 0 Å². The Balaban J connectivity index is 1.60. The first-order valence-electron chi connectivity index (χ1n) is 9.64. The van der Waals surface area contributed by atoms with E-state index in [0.29, 0.717) is 0 Å². The lowest BCUT2D eigenvalue weighted by molar-refractivity contribution is -0.123. The van der Waals surface area contributed by atoms with Gasteiger partial charge in [-0.1, -0.05) is 51.1 Å². The fraction of sp³-hybridized carbons (Fsp3) is 0.435. The Morgan fingerprint density at radius 1 is 1.04 bits per heavy atom. The predicted octanol–water partition coefficient (Wildman–Crippen LogP) is 5.13. The average Bonchev–Trinajstić information content (AvgIpc) is 2.63. The van der Waals surface area contributed by atoms with Gasteiger partial charge in [0.15, 0.2) is 0 Å². The standard InChI is InChI=1S/C23H30N2O/c1-18-13-15-25(16-14-18)21-11-9-20(10-12-21)24-22(26)23(2,3)17-19-7-5-4-6-8-19/h4-12,18H,13-17H2,1-3H3,(H,24,26). The molecule has 2 aromatic carbocycles. The van der Waals surface area contributed by atoms with Crippen LogP contribution in [0.3, 0.4) is 0 Å². The monoisotopic (exact) mass is 350 g/mol. The third-order valence-electron chi connectivity index (χ3n) is 5.38. The fourth-order valence-corrected chi connectivity index (χ4v) is 3.51. The molecule has 0 unspecified atom stereocenters. The van der Waals surface area contributed by atoms with Gasteiger partial charge in [0.1, 0.15) is 0 Å². The zero-order valence-electron chi connectivity index (χ0n) is 16.2. The number of hydrogen-bond donors (Lipinski definition) is 1. The highest BCUT2D eigenvalue weighted by atomic mass is 16.2.